The lowest BCUT2D eigenvalue weighted by atomic mass is 10.00. The van der Waals surface area contributed by atoms with Gasteiger partial charge in [-0.25, -0.2) is 4.79 Å². The minimum absolute atomic E-state index is 0.0617. The molecule has 2 atom stereocenters. The zero-order valence-corrected chi connectivity index (χ0v) is 11.5. The summed E-state index contributed by atoms with van der Waals surface area (Å²) in [6.07, 6.45) is -2.24. The zero-order chi connectivity index (χ0) is 15.1. The van der Waals surface area contributed by atoms with E-state index in [1.807, 2.05) is 0 Å². The first-order valence-corrected chi connectivity index (χ1v) is 6.13. The van der Waals surface area contributed by atoms with E-state index in [-0.39, 0.29) is 23.6 Å². The molecule has 1 rings (SSSR count). The van der Waals surface area contributed by atoms with E-state index in [9.17, 15) is 15.0 Å². The molecule has 0 bridgehead atoms. The van der Waals surface area contributed by atoms with Crippen LogP contribution < -0.4 is 0 Å². The van der Waals surface area contributed by atoms with E-state index in [1.165, 1.54) is 25.3 Å². The zero-order valence-electron chi connectivity index (χ0n) is 10.7. The van der Waals surface area contributed by atoms with E-state index in [0.717, 1.165) is 0 Å². The highest BCUT2D eigenvalue weighted by molar-refractivity contribution is 6.33. The van der Waals surface area contributed by atoms with Gasteiger partial charge in [0, 0.05) is 11.5 Å². The molecule has 0 heterocycles. The van der Waals surface area contributed by atoms with Crippen LogP contribution in [-0.4, -0.2) is 35.9 Å². The number of hydrogen-bond acceptors (Lipinski definition) is 5. The molecule has 0 aromatic heterocycles. The molecule has 0 amide bonds. The second-order valence-electron chi connectivity index (χ2n) is 3.99. The maximum atomic E-state index is 11.5. The van der Waals surface area contributed by atoms with Crippen LogP contribution in [0.25, 0.3) is 10.4 Å². The first-order chi connectivity index (χ1) is 9.51. The molecule has 0 saturated carbocycles. The SMILES string of the molecule is COC(=O)c1cc(C(O)C(O)CCN=[N+]=[N-])ccc1Cl. The van der Waals surface area contributed by atoms with Gasteiger partial charge in [-0.15, -0.1) is 0 Å². The number of carbonyl (C=O) groups excluding carboxylic acids is 1. The van der Waals surface area contributed by atoms with Crippen molar-refractivity contribution in [1.82, 2.24) is 0 Å². The highest BCUT2D eigenvalue weighted by Crippen LogP contribution is 2.25. The Labute approximate surface area is 120 Å². The average molecular weight is 300 g/mol. The van der Waals surface area contributed by atoms with Crippen LogP contribution in [0.15, 0.2) is 23.3 Å². The number of hydrogen-bond donors (Lipinski definition) is 2. The minimum atomic E-state index is -1.22. The van der Waals surface area contributed by atoms with Gasteiger partial charge >= 0.3 is 5.97 Å². The molecule has 108 valence electrons. The molecule has 0 spiro atoms. The summed E-state index contributed by atoms with van der Waals surface area (Å²) in [5.41, 5.74) is 8.57. The van der Waals surface area contributed by atoms with Crippen molar-refractivity contribution in [2.75, 3.05) is 13.7 Å². The Morgan fingerprint density at radius 3 is 2.85 bits per heavy atom. The number of azide groups is 1. The standard InChI is InChI=1S/C12H14ClN3O4/c1-20-12(19)8-6-7(2-3-9(8)13)11(18)10(17)4-5-15-16-14/h2-3,6,10-11,17-18H,4-5H2,1H3. The minimum Gasteiger partial charge on any atom is -0.465 e. The van der Waals surface area contributed by atoms with Gasteiger partial charge in [-0.2, -0.15) is 0 Å². The molecule has 1 aromatic rings. The molecule has 0 fully saturated rings. The third-order valence-corrected chi connectivity index (χ3v) is 3.02. The van der Waals surface area contributed by atoms with Gasteiger partial charge in [-0.3, -0.25) is 0 Å². The number of methoxy groups -OCH3 is 1. The Balaban J connectivity index is 2.90. The third kappa shape index (κ3) is 4.11. The number of aliphatic hydroxyl groups excluding tert-OH is 2. The van der Waals surface area contributed by atoms with Gasteiger partial charge in [0.25, 0.3) is 0 Å². The van der Waals surface area contributed by atoms with Crippen molar-refractivity contribution in [3.8, 4) is 0 Å². The van der Waals surface area contributed by atoms with Gasteiger partial charge in [-0.05, 0) is 29.6 Å². The summed E-state index contributed by atoms with van der Waals surface area (Å²) in [5, 5.41) is 23.2. The van der Waals surface area contributed by atoms with Crippen molar-refractivity contribution in [1.29, 1.82) is 0 Å². The van der Waals surface area contributed by atoms with Gasteiger partial charge in [0.1, 0.15) is 6.10 Å². The average Bonchev–Trinajstić information content (AvgIpc) is 2.46. The van der Waals surface area contributed by atoms with Crippen LogP contribution in [0.3, 0.4) is 0 Å². The number of benzene rings is 1. The fourth-order valence-corrected chi connectivity index (χ4v) is 1.80. The Kier molecular flexibility index (Phi) is 6.27. The number of aliphatic hydroxyl groups is 2. The van der Waals surface area contributed by atoms with E-state index < -0.39 is 18.2 Å². The summed E-state index contributed by atoms with van der Waals surface area (Å²) in [7, 11) is 1.22. The van der Waals surface area contributed by atoms with Crippen LogP contribution in [0.5, 0.6) is 0 Å². The van der Waals surface area contributed by atoms with E-state index >= 15 is 0 Å². The Morgan fingerprint density at radius 2 is 2.25 bits per heavy atom. The molecule has 0 aliphatic heterocycles. The van der Waals surface area contributed by atoms with Gasteiger partial charge < -0.3 is 14.9 Å². The lowest BCUT2D eigenvalue weighted by molar-refractivity contribution is 0.0149. The number of carbonyl (C=O) groups is 1. The van der Waals surface area contributed by atoms with E-state index in [1.54, 1.807) is 0 Å². The molecule has 7 nitrogen and oxygen atoms in total. The Morgan fingerprint density at radius 1 is 1.55 bits per heavy atom. The number of halogens is 1. The van der Waals surface area contributed by atoms with Crippen molar-refractivity contribution in [3.05, 3.63) is 44.8 Å². The van der Waals surface area contributed by atoms with Crippen LogP contribution in [0.2, 0.25) is 5.02 Å². The maximum absolute atomic E-state index is 11.5. The fraction of sp³-hybridized carbons (Fsp3) is 0.417. The quantitative estimate of drug-likeness (QED) is 0.362. The molecule has 1 aromatic carbocycles. The molecule has 0 radical (unpaired) electrons. The summed E-state index contributed by atoms with van der Waals surface area (Å²) in [6, 6.07) is 4.29. The highest BCUT2D eigenvalue weighted by atomic mass is 35.5. The first-order valence-electron chi connectivity index (χ1n) is 5.76. The maximum Gasteiger partial charge on any atom is 0.339 e. The van der Waals surface area contributed by atoms with Crippen LogP contribution >= 0.6 is 11.6 Å². The molecular formula is C12H14ClN3O4. The van der Waals surface area contributed by atoms with Crippen LogP contribution in [-0.2, 0) is 4.74 Å². The van der Waals surface area contributed by atoms with Crippen molar-refractivity contribution in [3.63, 3.8) is 0 Å². The Bertz CT molecular complexity index is 531. The number of ether oxygens (including phenoxy) is 1. The lowest BCUT2D eigenvalue weighted by Crippen LogP contribution is -2.19. The molecule has 8 heteroatoms. The Hall–Kier alpha value is -1.79. The summed E-state index contributed by atoms with van der Waals surface area (Å²) in [4.78, 5) is 14.0. The van der Waals surface area contributed by atoms with Crippen molar-refractivity contribution in [2.24, 2.45) is 5.11 Å². The predicted octanol–water partition coefficient (Wildman–Crippen LogP) is 2.22. The molecule has 2 N–H and O–H groups in total. The van der Waals surface area contributed by atoms with Crippen molar-refractivity contribution in [2.45, 2.75) is 18.6 Å². The second-order valence-corrected chi connectivity index (χ2v) is 4.39. The van der Waals surface area contributed by atoms with Crippen molar-refractivity contribution < 1.29 is 19.7 Å². The first kappa shape index (κ1) is 16.3. The fourth-order valence-electron chi connectivity index (χ4n) is 1.61. The summed E-state index contributed by atoms with van der Waals surface area (Å²) in [6.45, 7) is 0.0617. The van der Waals surface area contributed by atoms with E-state index in [4.69, 9.17) is 17.1 Å². The number of rotatable bonds is 6. The molecule has 0 aliphatic rings. The highest BCUT2D eigenvalue weighted by Gasteiger charge is 2.20. The van der Waals surface area contributed by atoms with Gasteiger partial charge in [0.05, 0.1) is 23.8 Å². The summed E-state index contributed by atoms with van der Waals surface area (Å²) in [5.74, 6) is -0.632. The largest absolute Gasteiger partial charge is 0.465 e. The molecule has 2 unspecified atom stereocenters. The van der Waals surface area contributed by atoms with Gasteiger partial charge in [0.15, 0.2) is 0 Å². The van der Waals surface area contributed by atoms with E-state index in [2.05, 4.69) is 14.8 Å². The topological polar surface area (TPSA) is 116 Å². The predicted molar refractivity (Wildman–Crippen MR) is 72.4 cm³/mol. The second kappa shape index (κ2) is 7.72. The lowest BCUT2D eigenvalue weighted by Gasteiger charge is -2.18. The van der Waals surface area contributed by atoms with E-state index in [0.29, 0.717) is 5.56 Å². The van der Waals surface area contributed by atoms with Crippen molar-refractivity contribution >= 4 is 17.6 Å². The molecule has 20 heavy (non-hydrogen) atoms. The summed E-state index contributed by atoms with van der Waals surface area (Å²) < 4.78 is 4.57. The summed E-state index contributed by atoms with van der Waals surface area (Å²) >= 11 is 5.86. The normalized spacial score (nSPS) is 13.2. The molecular weight excluding hydrogens is 286 g/mol. The van der Waals surface area contributed by atoms with Crippen LogP contribution in [0.4, 0.5) is 0 Å². The molecule has 0 aliphatic carbocycles. The van der Waals surface area contributed by atoms with Gasteiger partial charge in [-0.1, -0.05) is 22.8 Å². The van der Waals surface area contributed by atoms with Crippen LogP contribution in [0.1, 0.15) is 28.4 Å². The monoisotopic (exact) mass is 299 g/mol. The number of nitrogens with zero attached hydrogens (tertiary/aromatic N) is 3. The van der Waals surface area contributed by atoms with Gasteiger partial charge in [0.2, 0.25) is 0 Å². The molecule has 0 saturated heterocycles. The van der Waals surface area contributed by atoms with Crippen LogP contribution in [0, 0.1) is 0 Å². The number of esters is 1. The smallest absolute Gasteiger partial charge is 0.339 e. The third-order valence-electron chi connectivity index (χ3n) is 2.69.